The molecule has 0 aliphatic rings. The maximum Gasteiger partial charge on any atom is 0.240 e. The molecule has 5 heteroatoms. The van der Waals surface area contributed by atoms with Crippen LogP contribution in [0, 0.1) is 17.2 Å². The minimum absolute atomic E-state index is 0.135. The fraction of sp³-hybridized carbons (Fsp3) is 0.467. The zero-order valence-electron chi connectivity index (χ0n) is 12.0. The van der Waals surface area contributed by atoms with Crippen LogP contribution in [0.25, 0.3) is 0 Å². The van der Waals surface area contributed by atoms with E-state index in [1.165, 1.54) is 0 Å². The fourth-order valence-electron chi connectivity index (χ4n) is 2.02. The predicted octanol–water partition coefficient (Wildman–Crippen LogP) is 2.90. The topological polar surface area (TPSA) is 53.3 Å². The van der Waals surface area contributed by atoms with E-state index in [2.05, 4.69) is 6.07 Å². The van der Waals surface area contributed by atoms with Crippen LogP contribution in [0.15, 0.2) is 18.2 Å². The molecule has 1 amide bonds. The highest BCUT2D eigenvalue weighted by atomic mass is 35.5. The normalized spacial score (nSPS) is 11.6. The molecule has 1 aromatic carbocycles. The molecule has 0 bridgehead atoms. The highest BCUT2D eigenvalue weighted by Gasteiger charge is 2.22. The number of rotatable bonds is 6. The second-order valence-corrected chi connectivity index (χ2v) is 4.77. The zero-order chi connectivity index (χ0) is 15.1. The van der Waals surface area contributed by atoms with Crippen LogP contribution < -0.4 is 4.74 Å². The second-order valence-electron chi connectivity index (χ2n) is 4.37. The van der Waals surface area contributed by atoms with E-state index >= 15 is 0 Å². The molecule has 108 valence electrons. The van der Waals surface area contributed by atoms with Gasteiger partial charge >= 0.3 is 0 Å². The SMILES string of the molecule is CCN(CC)C(=O)C(C#N)Cc1ccc(OC)c(Cl)c1. The smallest absolute Gasteiger partial charge is 0.240 e. The van der Waals surface area contributed by atoms with Crippen molar-refractivity contribution in [3.8, 4) is 11.8 Å². The van der Waals surface area contributed by atoms with E-state index in [9.17, 15) is 10.1 Å². The summed E-state index contributed by atoms with van der Waals surface area (Å²) in [5, 5.41) is 9.70. The maximum atomic E-state index is 12.2. The predicted molar refractivity (Wildman–Crippen MR) is 78.7 cm³/mol. The van der Waals surface area contributed by atoms with Crippen LogP contribution in [0.2, 0.25) is 5.02 Å². The summed E-state index contributed by atoms with van der Waals surface area (Å²) < 4.78 is 5.08. The van der Waals surface area contributed by atoms with Gasteiger partial charge in [-0.05, 0) is 38.0 Å². The van der Waals surface area contributed by atoms with Gasteiger partial charge in [0, 0.05) is 13.1 Å². The Bertz CT molecular complexity index is 507. The molecule has 1 unspecified atom stereocenters. The molecule has 1 aromatic rings. The van der Waals surface area contributed by atoms with Gasteiger partial charge < -0.3 is 9.64 Å². The van der Waals surface area contributed by atoms with Crippen LogP contribution in [0.5, 0.6) is 5.75 Å². The number of methoxy groups -OCH3 is 1. The van der Waals surface area contributed by atoms with Crippen molar-refractivity contribution in [1.29, 1.82) is 5.26 Å². The van der Waals surface area contributed by atoms with Crippen LogP contribution in [0.4, 0.5) is 0 Å². The molecular weight excluding hydrogens is 276 g/mol. The quantitative estimate of drug-likeness (QED) is 0.810. The van der Waals surface area contributed by atoms with Gasteiger partial charge in [-0.3, -0.25) is 4.79 Å². The standard InChI is InChI=1S/C15H19ClN2O2/c1-4-18(5-2)15(19)12(10-17)8-11-6-7-14(20-3)13(16)9-11/h6-7,9,12H,4-5,8H2,1-3H3. The molecule has 0 aliphatic carbocycles. The van der Waals surface area contributed by atoms with Crippen LogP contribution >= 0.6 is 11.6 Å². The number of benzene rings is 1. The van der Waals surface area contributed by atoms with Gasteiger partial charge in [0.15, 0.2) is 0 Å². The molecular formula is C15H19ClN2O2. The summed E-state index contributed by atoms with van der Waals surface area (Å²) in [7, 11) is 1.54. The zero-order valence-corrected chi connectivity index (χ0v) is 12.8. The van der Waals surface area contributed by atoms with E-state index in [-0.39, 0.29) is 5.91 Å². The van der Waals surface area contributed by atoms with Crippen molar-refractivity contribution < 1.29 is 9.53 Å². The van der Waals surface area contributed by atoms with Gasteiger partial charge in [0.05, 0.1) is 18.2 Å². The largest absolute Gasteiger partial charge is 0.495 e. The van der Waals surface area contributed by atoms with Crippen molar-refractivity contribution in [2.24, 2.45) is 5.92 Å². The fourth-order valence-corrected chi connectivity index (χ4v) is 2.30. The third-order valence-corrected chi connectivity index (χ3v) is 3.48. The number of nitriles is 1. The number of ether oxygens (including phenoxy) is 1. The molecule has 1 rings (SSSR count). The molecule has 0 N–H and O–H groups in total. The molecule has 0 aliphatic heterocycles. The summed E-state index contributed by atoms with van der Waals surface area (Å²) in [5.41, 5.74) is 0.850. The Morgan fingerprint density at radius 3 is 2.55 bits per heavy atom. The molecule has 4 nitrogen and oxygen atoms in total. The van der Waals surface area contributed by atoms with Gasteiger partial charge in [0.25, 0.3) is 0 Å². The lowest BCUT2D eigenvalue weighted by atomic mass is 9.99. The van der Waals surface area contributed by atoms with Gasteiger partial charge in [-0.15, -0.1) is 0 Å². The van der Waals surface area contributed by atoms with Gasteiger partial charge in [-0.1, -0.05) is 17.7 Å². The minimum atomic E-state index is -0.681. The van der Waals surface area contributed by atoms with Crippen molar-refractivity contribution in [3.63, 3.8) is 0 Å². The summed E-state index contributed by atoms with van der Waals surface area (Å²) in [5.74, 6) is -0.234. The van der Waals surface area contributed by atoms with Crippen molar-refractivity contribution >= 4 is 17.5 Å². The summed E-state index contributed by atoms with van der Waals surface area (Å²) in [6, 6.07) is 7.39. The first-order valence-electron chi connectivity index (χ1n) is 6.58. The van der Waals surface area contributed by atoms with Crippen molar-refractivity contribution in [3.05, 3.63) is 28.8 Å². The lowest BCUT2D eigenvalue weighted by molar-refractivity contribution is -0.133. The molecule has 1 atom stereocenters. The van der Waals surface area contributed by atoms with Crippen molar-refractivity contribution in [2.75, 3.05) is 20.2 Å². The number of halogens is 1. The molecule has 0 spiro atoms. The maximum absolute atomic E-state index is 12.2. The number of hydrogen-bond acceptors (Lipinski definition) is 3. The van der Waals surface area contributed by atoms with E-state index in [1.807, 2.05) is 19.9 Å². The number of nitrogens with zero attached hydrogens (tertiary/aromatic N) is 2. The highest BCUT2D eigenvalue weighted by molar-refractivity contribution is 6.32. The molecule has 0 fully saturated rings. The first-order chi connectivity index (χ1) is 9.57. The van der Waals surface area contributed by atoms with Crippen LogP contribution in [-0.2, 0) is 11.2 Å². The number of carbonyl (C=O) groups excluding carboxylic acids is 1. The Morgan fingerprint density at radius 2 is 2.10 bits per heavy atom. The summed E-state index contributed by atoms with van der Waals surface area (Å²) in [6.45, 7) is 5.02. The molecule has 0 heterocycles. The van der Waals surface area contributed by atoms with E-state index < -0.39 is 5.92 Å². The Morgan fingerprint density at radius 1 is 1.45 bits per heavy atom. The average molecular weight is 295 g/mol. The van der Waals surface area contributed by atoms with Gasteiger partial charge in [0.2, 0.25) is 5.91 Å². The van der Waals surface area contributed by atoms with E-state index in [0.717, 1.165) is 5.56 Å². The summed E-state index contributed by atoms with van der Waals surface area (Å²) >= 11 is 6.05. The molecule has 0 saturated carbocycles. The van der Waals surface area contributed by atoms with Crippen LogP contribution in [0.1, 0.15) is 19.4 Å². The van der Waals surface area contributed by atoms with E-state index in [0.29, 0.717) is 30.3 Å². The lowest BCUT2D eigenvalue weighted by Crippen LogP contribution is -2.36. The van der Waals surface area contributed by atoms with Gasteiger partial charge in [-0.25, -0.2) is 0 Å². The second kappa shape index (κ2) is 7.76. The third kappa shape index (κ3) is 3.88. The Balaban J connectivity index is 2.86. The average Bonchev–Trinajstić information content (AvgIpc) is 2.46. The number of amides is 1. The monoisotopic (exact) mass is 294 g/mol. The van der Waals surface area contributed by atoms with Crippen molar-refractivity contribution in [2.45, 2.75) is 20.3 Å². The highest BCUT2D eigenvalue weighted by Crippen LogP contribution is 2.26. The first-order valence-corrected chi connectivity index (χ1v) is 6.95. The Labute approximate surface area is 124 Å². The summed E-state index contributed by atoms with van der Waals surface area (Å²) in [4.78, 5) is 13.9. The minimum Gasteiger partial charge on any atom is -0.495 e. The van der Waals surface area contributed by atoms with Crippen LogP contribution in [0.3, 0.4) is 0 Å². The molecule has 20 heavy (non-hydrogen) atoms. The number of carbonyl (C=O) groups is 1. The molecule has 0 saturated heterocycles. The summed E-state index contributed by atoms with van der Waals surface area (Å²) in [6.07, 6.45) is 0.357. The van der Waals surface area contributed by atoms with Crippen molar-refractivity contribution in [1.82, 2.24) is 4.90 Å². The van der Waals surface area contributed by atoms with E-state index in [1.54, 1.807) is 24.1 Å². The van der Waals surface area contributed by atoms with E-state index in [4.69, 9.17) is 16.3 Å². The lowest BCUT2D eigenvalue weighted by Gasteiger charge is -2.21. The van der Waals surface area contributed by atoms with Crippen LogP contribution in [-0.4, -0.2) is 31.0 Å². The molecule has 0 aromatic heterocycles. The Hall–Kier alpha value is -1.73. The van der Waals surface area contributed by atoms with Gasteiger partial charge in [-0.2, -0.15) is 5.26 Å². The third-order valence-electron chi connectivity index (χ3n) is 3.19. The molecule has 0 radical (unpaired) electrons. The van der Waals surface area contributed by atoms with Gasteiger partial charge in [0.1, 0.15) is 11.7 Å². The first kappa shape index (κ1) is 16.3. The Kier molecular flexibility index (Phi) is 6.33. The number of hydrogen-bond donors (Lipinski definition) is 0.